The standard InChI is InChI=1S/C22H23FN4O2/c1-25(2)21(28)15-3-5-19(6-4-15)27-12-7-16-13-17(14-24-20(16)27)22(29)26-10-8-18(23)9-11-26/h3-7,12-14,18H,8-11H2,1-2H3. The molecule has 2 amide bonds. The maximum Gasteiger partial charge on any atom is 0.255 e. The third-order valence-corrected chi connectivity index (χ3v) is 5.28. The second-order valence-corrected chi connectivity index (χ2v) is 7.54. The number of alkyl halides is 1. The van der Waals surface area contributed by atoms with Crippen molar-refractivity contribution in [2.75, 3.05) is 27.2 Å². The lowest BCUT2D eigenvalue weighted by Crippen LogP contribution is -2.39. The summed E-state index contributed by atoms with van der Waals surface area (Å²) in [5.41, 5.74) is 2.75. The predicted molar refractivity (Wildman–Crippen MR) is 109 cm³/mol. The van der Waals surface area contributed by atoms with Crippen molar-refractivity contribution in [3.8, 4) is 5.69 Å². The molecule has 4 rings (SSSR count). The van der Waals surface area contributed by atoms with Gasteiger partial charge in [-0.05, 0) is 49.2 Å². The molecule has 2 aromatic heterocycles. The Morgan fingerprint density at radius 3 is 2.41 bits per heavy atom. The second kappa shape index (κ2) is 7.66. The number of hydrogen-bond acceptors (Lipinski definition) is 3. The number of hydrogen-bond donors (Lipinski definition) is 0. The molecule has 1 aliphatic rings. The van der Waals surface area contributed by atoms with Crippen LogP contribution < -0.4 is 0 Å². The van der Waals surface area contributed by atoms with E-state index in [1.807, 2.05) is 35.0 Å². The van der Waals surface area contributed by atoms with Crippen LogP contribution in [-0.4, -0.2) is 64.5 Å². The van der Waals surface area contributed by atoms with Gasteiger partial charge in [-0.3, -0.25) is 9.59 Å². The van der Waals surface area contributed by atoms with Gasteiger partial charge in [0.2, 0.25) is 0 Å². The summed E-state index contributed by atoms with van der Waals surface area (Å²) < 4.78 is 15.2. The largest absolute Gasteiger partial charge is 0.345 e. The van der Waals surface area contributed by atoms with Crippen molar-refractivity contribution in [3.05, 3.63) is 59.9 Å². The number of halogens is 1. The summed E-state index contributed by atoms with van der Waals surface area (Å²) in [4.78, 5) is 32.5. The van der Waals surface area contributed by atoms with Gasteiger partial charge >= 0.3 is 0 Å². The number of piperidine rings is 1. The maximum atomic E-state index is 13.3. The molecule has 3 heterocycles. The highest BCUT2D eigenvalue weighted by atomic mass is 19.1. The molecule has 1 fully saturated rings. The number of pyridine rings is 1. The van der Waals surface area contributed by atoms with E-state index in [9.17, 15) is 14.0 Å². The first kappa shape index (κ1) is 19.1. The van der Waals surface area contributed by atoms with Crippen molar-refractivity contribution >= 4 is 22.8 Å². The predicted octanol–water partition coefficient (Wildman–Crippen LogP) is 3.30. The van der Waals surface area contributed by atoms with E-state index in [2.05, 4.69) is 4.98 Å². The Morgan fingerprint density at radius 1 is 1.07 bits per heavy atom. The molecular weight excluding hydrogens is 371 g/mol. The van der Waals surface area contributed by atoms with Gasteiger partial charge in [-0.1, -0.05) is 0 Å². The number of nitrogens with zero attached hydrogens (tertiary/aromatic N) is 4. The quantitative estimate of drug-likeness (QED) is 0.685. The first-order chi connectivity index (χ1) is 13.9. The SMILES string of the molecule is CN(C)C(=O)c1ccc(-n2ccc3cc(C(=O)N4CCC(F)CC4)cnc32)cc1. The van der Waals surface area contributed by atoms with Crippen molar-refractivity contribution in [3.63, 3.8) is 0 Å². The van der Waals surface area contributed by atoms with E-state index in [4.69, 9.17) is 0 Å². The fraction of sp³-hybridized carbons (Fsp3) is 0.318. The Hall–Kier alpha value is -3.22. The summed E-state index contributed by atoms with van der Waals surface area (Å²) in [5.74, 6) is -0.155. The Balaban J connectivity index is 1.58. The minimum absolute atomic E-state index is 0.0491. The monoisotopic (exact) mass is 394 g/mol. The molecule has 0 N–H and O–H groups in total. The van der Waals surface area contributed by atoms with Crippen molar-refractivity contribution in [1.29, 1.82) is 0 Å². The first-order valence-electron chi connectivity index (χ1n) is 9.66. The van der Waals surface area contributed by atoms with Gasteiger partial charge in [0.25, 0.3) is 11.8 Å². The summed E-state index contributed by atoms with van der Waals surface area (Å²) in [6, 6.07) is 11.1. The van der Waals surface area contributed by atoms with Crippen LogP contribution in [-0.2, 0) is 0 Å². The van der Waals surface area contributed by atoms with E-state index in [0.29, 0.717) is 37.1 Å². The highest BCUT2D eigenvalue weighted by Crippen LogP contribution is 2.22. The van der Waals surface area contributed by atoms with E-state index < -0.39 is 6.17 Å². The molecule has 0 spiro atoms. The number of amides is 2. The van der Waals surface area contributed by atoms with Crippen LogP contribution in [0.4, 0.5) is 4.39 Å². The molecule has 3 aromatic rings. The normalized spacial score (nSPS) is 14.9. The molecule has 1 saturated heterocycles. The fourth-order valence-corrected chi connectivity index (χ4v) is 3.61. The number of benzene rings is 1. The summed E-state index contributed by atoms with van der Waals surface area (Å²) in [5, 5.41) is 0.852. The average molecular weight is 394 g/mol. The van der Waals surface area contributed by atoms with E-state index >= 15 is 0 Å². The molecule has 1 aromatic carbocycles. The molecule has 0 radical (unpaired) electrons. The lowest BCUT2D eigenvalue weighted by atomic mass is 10.1. The zero-order valence-corrected chi connectivity index (χ0v) is 16.5. The van der Waals surface area contributed by atoms with Crippen molar-refractivity contribution in [1.82, 2.24) is 19.4 Å². The lowest BCUT2D eigenvalue weighted by molar-refractivity contribution is 0.0666. The second-order valence-electron chi connectivity index (χ2n) is 7.54. The maximum absolute atomic E-state index is 13.3. The van der Waals surface area contributed by atoms with Gasteiger partial charge in [-0.25, -0.2) is 9.37 Å². The summed E-state index contributed by atoms with van der Waals surface area (Å²) >= 11 is 0. The van der Waals surface area contributed by atoms with Crippen molar-refractivity contribution < 1.29 is 14.0 Å². The van der Waals surface area contributed by atoms with Gasteiger partial charge in [0, 0.05) is 56.2 Å². The fourth-order valence-electron chi connectivity index (χ4n) is 3.61. The first-order valence-corrected chi connectivity index (χ1v) is 9.66. The molecule has 0 atom stereocenters. The van der Waals surface area contributed by atoms with Gasteiger partial charge in [-0.2, -0.15) is 0 Å². The van der Waals surface area contributed by atoms with Crippen LogP contribution in [0, 0.1) is 0 Å². The number of aromatic nitrogens is 2. The van der Waals surface area contributed by atoms with E-state index in [-0.39, 0.29) is 11.8 Å². The van der Waals surface area contributed by atoms with Crippen LogP contribution in [0.25, 0.3) is 16.7 Å². The highest BCUT2D eigenvalue weighted by Gasteiger charge is 2.23. The summed E-state index contributed by atoms with van der Waals surface area (Å²) in [6.45, 7) is 0.883. The average Bonchev–Trinajstić information content (AvgIpc) is 3.16. The van der Waals surface area contributed by atoms with Crippen LogP contribution in [0.15, 0.2) is 48.8 Å². The smallest absolute Gasteiger partial charge is 0.255 e. The summed E-state index contributed by atoms with van der Waals surface area (Å²) in [6.07, 6.45) is 3.44. The van der Waals surface area contributed by atoms with Gasteiger partial charge in [0.1, 0.15) is 11.8 Å². The Kier molecular flexibility index (Phi) is 5.05. The molecule has 29 heavy (non-hydrogen) atoms. The van der Waals surface area contributed by atoms with Gasteiger partial charge in [0.05, 0.1) is 5.56 Å². The van der Waals surface area contributed by atoms with Crippen LogP contribution in [0.1, 0.15) is 33.6 Å². The van der Waals surface area contributed by atoms with Gasteiger partial charge < -0.3 is 14.4 Å². The third kappa shape index (κ3) is 3.72. The van der Waals surface area contributed by atoms with Crippen molar-refractivity contribution in [2.24, 2.45) is 0 Å². The molecule has 0 bridgehead atoms. The zero-order chi connectivity index (χ0) is 20.5. The molecule has 0 saturated carbocycles. The number of carbonyl (C=O) groups excluding carboxylic acids is 2. The van der Waals surface area contributed by atoms with Crippen molar-refractivity contribution in [2.45, 2.75) is 19.0 Å². The third-order valence-electron chi connectivity index (χ3n) is 5.28. The van der Waals surface area contributed by atoms with Crippen LogP contribution >= 0.6 is 0 Å². The topological polar surface area (TPSA) is 58.4 Å². The van der Waals surface area contributed by atoms with E-state index in [1.54, 1.807) is 37.3 Å². The molecular formula is C22H23FN4O2. The van der Waals surface area contributed by atoms with Gasteiger partial charge in [0.15, 0.2) is 0 Å². The van der Waals surface area contributed by atoms with Crippen LogP contribution in [0.5, 0.6) is 0 Å². The van der Waals surface area contributed by atoms with E-state index in [0.717, 1.165) is 16.7 Å². The lowest BCUT2D eigenvalue weighted by Gasteiger charge is -2.28. The highest BCUT2D eigenvalue weighted by molar-refractivity contribution is 5.97. The Labute approximate surface area is 168 Å². The van der Waals surface area contributed by atoms with E-state index in [1.165, 1.54) is 4.90 Å². The molecule has 150 valence electrons. The molecule has 0 aliphatic carbocycles. The molecule has 0 unspecified atom stereocenters. The van der Waals surface area contributed by atoms with Crippen LogP contribution in [0.3, 0.4) is 0 Å². The van der Waals surface area contributed by atoms with Gasteiger partial charge in [-0.15, -0.1) is 0 Å². The minimum atomic E-state index is -0.812. The zero-order valence-electron chi connectivity index (χ0n) is 16.5. The molecule has 1 aliphatic heterocycles. The number of rotatable bonds is 3. The Bertz CT molecular complexity index is 1050. The number of carbonyl (C=O) groups is 2. The summed E-state index contributed by atoms with van der Waals surface area (Å²) in [7, 11) is 3.44. The minimum Gasteiger partial charge on any atom is -0.345 e. The Morgan fingerprint density at radius 2 is 1.76 bits per heavy atom. The molecule has 7 heteroatoms. The number of fused-ring (bicyclic) bond motifs is 1. The number of likely N-dealkylation sites (tertiary alicyclic amines) is 1. The van der Waals surface area contributed by atoms with Crippen LogP contribution in [0.2, 0.25) is 0 Å². The molecule has 6 nitrogen and oxygen atoms in total.